The number of anilines is 2. The molecule has 0 unspecified atom stereocenters. The number of carbonyl (C=O) groups is 2. The number of amides is 1. The Bertz CT molecular complexity index is 2830. The molecule has 8 rings (SSSR count). The normalized spacial score (nSPS) is 10.6. The van der Waals surface area contributed by atoms with Gasteiger partial charge in [0.25, 0.3) is 5.91 Å². The summed E-state index contributed by atoms with van der Waals surface area (Å²) in [5.74, 6) is -0.123. The Balaban J connectivity index is 0.000000195. The number of nitrogens with one attached hydrogen (secondary N) is 1. The van der Waals surface area contributed by atoms with Crippen LogP contribution in [-0.4, -0.2) is 56.5 Å². The molecule has 0 atom stereocenters. The van der Waals surface area contributed by atoms with E-state index in [1.807, 2.05) is 82.3 Å². The Morgan fingerprint density at radius 2 is 1.15 bits per heavy atom. The number of nitrogen functional groups attached to an aromatic ring is 2. The molecule has 62 heavy (non-hydrogen) atoms. The molecule has 6 heterocycles. The molecule has 320 valence electrons. The number of benzene rings is 2. The first-order chi connectivity index (χ1) is 29.1. The van der Waals surface area contributed by atoms with Gasteiger partial charge in [-0.25, -0.2) is 14.8 Å². The van der Waals surface area contributed by atoms with Crippen LogP contribution in [0.5, 0.6) is 0 Å². The molecule has 0 aliphatic rings. The van der Waals surface area contributed by atoms with Crippen molar-refractivity contribution in [2.45, 2.75) is 61.3 Å². The van der Waals surface area contributed by atoms with Gasteiger partial charge in [-0.15, -0.1) is 0 Å². The van der Waals surface area contributed by atoms with Gasteiger partial charge in [-0.2, -0.15) is 10.2 Å². The molecule has 0 spiro atoms. The van der Waals surface area contributed by atoms with Crippen LogP contribution in [0.1, 0.15) is 72.9 Å². The lowest BCUT2D eigenvalue weighted by molar-refractivity contribution is 0.0696. The van der Waals surface area contributed by atoms with E-state index in [1.54, 1.807) is 40.2 Å². The molecular weight excluding hydrogens is 827 g/mol. The first kappa shape index (κ1) is 46.1. The Morgan fingerprint density at radius 3 is 1.60 bits per heavy atom. The van der Waals surface area contributed by atoms with E-state index in [4.69, 9.17) is 45.5 Å². The number of aryl methyl sites for hydroxylation is 4. The van der Waals surface area contributed by atoms with Crippen LogP contribution in [0.4, 0.5) is 11.6 Å². The van der Waals surface area contributed by atoms with E-state index in [0.717, 1.165) is 66.6 Å². The van der Waals surface area contributed by atoms with Gasteiger partial charge in [-0.1, -0.05) is 42.8 Å². The van der Waals surface area contributed by atoms with Crippen LogP contribution in [0.2, 0.25) is 10.0 Å². The number of carboxylic acids is 1. The fraction of sp³-hybridized carbons (Fsp3) is 0.200. The molecule has 8 N–H and O–H groups in total. The second kappa shape index (κ2) is 20.5. The number of carbonyl (C=O) groups excluding carboxylic acids is 1. The monoisotopic (exact) mass is 874 g/mol. The third kappa shape index (κ3) is 11.9. The van der Waals surface area contributed by atoms with Crippen LogP contribution in [0, 0.1) is 27.7 Å². The Hall–Kier alpha value is -6.94. The minimum atomic E-state index is -0.981. The van der Waals surface area contributed by atoms with Gasteiger partial charge in [0, 0.05) is 60.0 Å². The third-order valence-corrected chi connectivity index (χ3v) is 10.1. The lowest BCUT2D eigenvalue weighted by atomic mass is 10.1. The standard InChI is InChI=1S/C22H21ClN6O.C14H10ClN3O2.C8H13N3.CH4/c1-13-5-21(24)28-14(2)19(13)10-26-22(30)17-8-27-29(12-17)11-15-3-4-20-16(6-15)7-18(23)9-25-20;15-12-4-10-3-9(1-2-13(10)16-6-12)7-18-8-11(5-17-18)14(19)20;1-5-3-8(10)11-6(2)7(5)4-9;/h3-9,12H,10-11H2,1-2H3,(H2,24,28)(H,26,30);1-6,8H,7H2,(H,19,20);3H,4,9H2,1-2H3,(H2,10,11);1H4. The van der Waals surface area contributed by atoms with Crippen molar-refractivity contribution in [3.63, 3.8) is 0 Å². The number of carboxylic acid groups (broad SMARTS) is 1. The average molecular weight is 876 g/mol. The van der Waals surface area contributed by atoms with Crippen molar-refractivity contribution in [2.75, 3.05) is 11.5 Å². The van der Waals surface area contributed by atoms with Crippen molar-refractivity contribution in [1.82, 2.24) is 44.8 Å². The van der Waals surface area contributed by atoms with Crippen LogP contribution >= 0.6 is 23.2 Å². The summed E-state index contributed by atoms with van der Waals surface area (Å²) in [7, 11) is 0. The molecule has 1 amide bonds. The zero-order chi connectivity index (χ0) is 43.8. The molecule has 8 aromatic rings. The fourth-order valence-electron chi connectivity index (χ4n) is 6.63. The van der Waals surface area contributed by atoms with Gasteiger partial charge in [0.1, 0.15) is 11.6 Å². The molecule has 0 bridgehead atoms. The van der Waals surface area contributed by atoms with Gasteiger partial charge >= 0.3 is 5.97 Å². The van der Waals surface area contributed by atoms with Crippen molar-refractivity contribution in [3.8, 4) is 0 Å². The summed E-state index contributed by atoms with van der Waals surface area (Å²) in [6, 6.07) is 19.1. The number of fused-ring (bicyclic) bond motifs is 2. The molecular formula is C45H48Cl2N12O3. The molecule has 15 nitrogen and oxygen atoms in total. The van der Waals surface area contributed by atoms with E-state index in [9.17, 15) is 9.59 Å². The van der Waals surface area contributed by atoms with Crippen molar-refractivity contribution < 1.29 is 14.7 Å². The van der Waals surface area contributed by atoms with E-state index < -0.39 is 5.97 Å². The summed E-state index contributed by atoms with van der Waals surface area (Å²) < 4.78 is 3.32. The van der Waals surface area contributed by atoms with Gasteiger partial charge in [0.15, 0.2) is 0 Å². The van der Waals surface area contributed by atoms with Gasteiger partial charge < -0.3 is 27.6 Å². The number of rotatable bonds is 9. The largest absolute Gasteiger partial charge is 0.478 e. The van der Waals surface area contributed by atoms with E-state index in [-0.39, 0.29) is 18.9 Å². The zero-order valence-electron chi connectivity index (χ0n) is 33.9. The maximum atomic E-state index is 12.6. The van der Waals surface area contributed by atoms with Crippen LogP contribution in [0.15, 0.2) is 97.8 Å². The maximum absolute atomic E-state index is 12.6. The molecule has 0 radical (unpaired) electrons. The SMILES string of the molecule is C.Cc1cc(N)nc(C)c1CN.Cc1cc(N)nc(C)c1CNC(=O)c1cnn(Cc2ccc3ncc(Cl)cc3c2)c1.O=C(O)c1cnn(Cc2ccc3ncc(Cl)cc3c2)c1. The van der Waals surface area contributed by atoms with E-state index in [0.29, 0.717) is 53.4 Å². The van der Waals surface area contributed by atoms with Crippen molar-refractivity contribution in [1.29, 1.82) is 0 Å². The molecule has 17 heteroatoms. The molecule has 0 fully saturated rings. The minimum absolute atomic E-state index is 0. The predicted molar refractivity (Wildman–Crippen MR) is 245 cm³/mol. The molecule has 2 aromatic carbocycles. The smallest absolute Gasteiger partial charge is 0.338 e. The van der Waals surface area contributed by atoms with Crippen LogP contribution < -0.4 is 22.5 Å². The minimum Gasteiger partial charge on any atom is -0.478 e. The maximum Gasteiger partial charge on any atom is 0.338 e. The van der Waals surface area contributed by atoms with Crippen LogP contribution in [-0.2, 0) is 26.2 Å². The highest BCUT2D eigenvalue weighted by atomic mass is 35.5. The second-order valence-corrected chi connectivity index (χ2v) is 15.1. The average Bonchev–Trinajstić information content (AvgIpc) is 3.88. The van der Waals surface area contributed by atoms with Crippen molar-refractivity contribution in [2.24, 2.45) is 5.73 Å². The van der Waals surface area contributed by atoms with Gasteiger partial charge in [-0.05, 0) is 110 Å². The van der Waals surface area contributed by atoms with Crippen LogP contribution in [0.25, 0.3) is 21.8 Å². The summed E-state index contributed by atoms with van der Waals surface area (Å²) in [6.45, 7) is 9.70. The summed E-state index contributed by atoms with van der Waals surface area (Å²) in [4.78, 5) is 40.2. The lowest BCUT2D eigenvalue weighted by Gasteiger charge is -2.11. The fourth-order valence-corrected chi connectivity index (χ4v) is 6.96. The predicted octanol–water partition coefficient (Wildman–Crippen LogP) is 7.86. The lowest BCUT2D eigenvalue weighted by Crippen LogP contribution is -2.23. The van der Waals surface area contributed by atoms with Crippen molar-refractivity contribution in [3.05, 3.63) is 164 Å². The molecule has 0 aliphatic carbocycles. The quantitative estimate of drug-likeness (QED) is 0.0933. The number of nitrogens with zero attached hydrogens (tertiary/aromatic N) is 8. The van der Waals surface area contributed by atoms with Crippen LogP contribution in [0.3, 0.4) is 0 Å². The van der Waals surface area contributed by atoms with Gasteiger partial charge in [0.2, 0.25) is 0 Å². The highest BCUT2D eigenvalue weighted by molar-refractivity contribution is 6.31. The Labute approximate surface area is 368 Å². The third-order valence-electron chi connectivity index (χ3n) is 9.67. The Kier molecular flexibility index (Phi) is 15.3. The zero-order valence-corrected chi connectivity index (χ0v) is 35.4. The highest BCUT2D eigenvalue weighted by Crippen LogP contribution is 2.21. The summed E-state index contributed by atoms with van der Waals surface area (Å²) in [6.07, 6.45) is 9.37. The number of pyridine rings is 4. The van der Waals surface area contributed by atoms with Gasteiger partial charge in [-0.3, -0.25) is 24.1 Å². The van der Waals surface area contributed by atoms with E-state index in [2.05, 4.69) is 35.5 Å². The Morgan fingerprint density at radius 1 is 0.677 bits per heavy atom. The van der Waals surface area contributed by atoms with E-state index >= 15 is 0 Å². The summed E-state index contributed by atoms with van der Waals surface area (Å²) in [5, 5.41) is 23.2. The molecule has 0 saturated heterocycles. The molecule has 0 saturated carbocycles. The van der Waals surface area contributed by atoms with E-state index in [1.165, 1.54) is 12.4 Å². The van der Waals surface area contributed by atoms with Gasteiger partial charge in [0.05, 0.1) is 57.7 Å². The highest BCUT2D eigenvalue weighted by Gasteiger charge is 2.12. The molecule has 0 aliphatic heterocycles. The first-order valence-electron chi connectivity index (χ1n) is 19.0. The molecule has 6 aromatic heterocycles. The number of hydrogen-bond donors (Lipinski definition) is 5. The number of nitrogens with two attached hydrogens (primary N) is 3. The second-order valence-electron chi connectivity index (χ2n) is 14.3. The summed E-state index contributed by atoms with van der Waals surface area (Å²) >= 11 is 12.0. The van der Waals surface area contributed by atoms with Crippen molar-refractivity contribution >= 4 is 68.5 Å². The number of aromatic carboxylic acids is 1. The number of halogens is 2. The number of aromatic nitrogens is 8. The topological polar surface area (TPSA) is 232 Å². The first-order valence-corrected chi connectivity index (χ1v) is 19.7. The summed E-state index contributed by atoms with van der Waals surface area (Å²) in [5.41, 5.74) is 27.2. The number of hydrogen-bond acceptors (Lipinski definition) is 11.